The molecule has 90 valence electrons. The van der Waals surface area contributed by atoms with Crippen LogP contribution in [0, 0.1) is 5.92 Å². The van der Waals surface area contributed by atoms with E-state index >= 15 is 0 Å². The maximum atomic E-state index is 5.78. The number of aryl methyl sites for hydroxylation is 1. The Bertz CT molecular complexity index is 328. The average molecular weight is 222 g/mol. The van der Waals surface area contributed by atoms with Gasteiger partial charge in [0, 0.05) is 45.0 Å². The van der Waals surface area contributed by atoms with Crippen LogP contribution in [-0.2, 0) is 13.5 Å². The van der Waals surface area contributed by atoms with Crippen LogP contribution < -0.4 is 5.73 Å². The molecule has 1 aliphatic rings. The Balaban J connectivity index is 1.68. The van der Waals surface area contributed by atoms with Crippen LogP contribution in [0.15, 0.2) is 12.4 Å². The van der Waals surface area contributed by atoms with Gasteiger partial charge >= 0.3 is 0 Å². The zero-order valence-corrected chi connectivity index (χ0v) is 10.3. The van der Waals surface area contributed by atoms with Crippen molar-refractivity contribution < 1.29 is 0 Å². The van der Waals surface area contributed by atoms with Crippen molar-refractivity contribution in [2.75, 3.05) is 20.1 Å². The van der Waals surface area contributed by atoms with E-state index in [1.165, 1.54) is 19.4 Å². The Morgan fingerprint density at radius 3 is 2.88 bits per heavy atom. The van der Waals surface area contributed by atoms with Crippen LogP contribution in [0.3, 0.4) is 0 Å². The SMILES string of the molecule is CN(CCc1nccn1C)CC1CC(N)C1. The van der Waals surface area contributed by atoms with Gasteiger partial charge in [-0.3, -0.25) is 0 Å². The largest absolute Gasteiger partial charge is 0.338 e. The molecule has 0 bridgehead atoms. The van der Waals surface area contributed by atoms with Crippen LogP contribution in [0.2, 0.25) is 0 Å². The zero-order chi connectivity index (χ0) is 11.5. The van der Waals surface area contributed by atoms with E-state index in [0.717, 1.165) is 24.7 Å². The molecule has 1 aliphatic carbocycles. The Morgan fingerprint density at radius 1 is 1.56 bits per heavy atom. The summed E-state index contributed by atoms with van der Waals surface area (Å²) in [5, 5.41) is 0. The van der Waals surface area contributed by atoms with Crippen LogP contribution in [0.25, 0.3) is 0 Å². The van der Waals surface area contributed by atoms with Crippen molar-refractivity contribution in [1.29, 1.82) is 0 Å². The highest BCUT2D eigenvalue weighted by Gasteiger charge is 2.26. The van der Waals surface area contributed by atoms with Crippen LogP contribution in [0.1, 0.15) is 18.7 Å². The number of hydrogen-bond acceptors (Lipinski definition) is 3. The number of rotatable bonds is 5. The highest BCUT2D eigenvalue weighted by Crippen LogP contribution is 2.25. The number of likely N-dealkylation sites (N-methyl/N-ethyl adjacent to an activating group) is 1. The van der Waals surface area contributed by atoms with E-state index in [1.54, 1.807) is 0 Å². The van der Waals surface area contributed by atoms with Crippen molar-refractivity contribution >= 4 is 0 Å². The van der Waals surface area contributed by atoms with E-state index in [-0.39, 0.29) is 0 Å². The van der Waals surface area contributed by atoms with Gasteiger partial charge in [-0.15, -0.1) is 0 Å². The molecule has 4 nitrogen and oxygen atoms in total. The van der Waals surface area contributed by atoms with E-state index in [0.29, 0.717) is 6.04 Å². The fourth-order valence-corrected chi connectivity index (χ4v) is 2.40. The van der Waals surface area contributed by atoms with Crippen LogP contribution in [0.5, 0.6) is 0 Å². The molecule has 2 N–H and O–H groups in total. The predicted octanol–water partition coefficient (Wildman–Crippen LogP) is 0.632. The Morgan fingerprint density at radius 2 is 2.31 bits per heavy atom. The van der Waals surface area contributed by atoms with E-state index in [9.17, 15) is 0 Å². The lowest BCUT2D eigenvalue weighted by atomic mass is 9.80. The van der Waals surface area contributed by atoms with Crippen molar-refractivity contribution in [2.45, 2.75) is 25.3 Å². The first kappa shape index (κ1) is 11.6. The molecule has 0 spiro atoms. The van der Waals surface area contributed by atoms with Crippen LogP contribution >= 0.6 is 0 Å². The van der Waals surface area contributed by atoms with Gasteiger partial charge in [0.2, 0.25) is 0 Å². The number of nitrogens with two attached hydrogens (primary N) is 1. The quantitative estimate of drug-likeness (QED) is 0.795. The lowest BCUT2D eigenvalue weighted by molar-refractivity contribution is 0.183. The second-order valence-electron chi connectivity index (χ2n) is 5.06. The minimum atomic E-state index is 0.466. The van der Waals surface area contributed by atoms with Crippen molar-refractivity contribution in [3.05, 3.63) is 18.2 Å². The maximum absolute atomic E-state index is 5.78. The molecular weight excluding hydrogens is 200 g/mol. The molecule has 2 rings (SSSR count). The summed E-state index contributed by atoms with van der Waals surface area (Å²) in [6.45, 7) is 2.26. The van der Waals surface area contributed by atoms with Gasteiger partial charge in [0.05, 0.1) is 0 Å². The van der Waals surface area contributed by atoms with Gasteiger partial charge in [0.1, 0.15) is 5.82 Å². The molecule has 0 saturated heterocycles. The van der Waals surface area contributed by atoms with E-state index in [4.69, 9.17) is 5.73 Å². The molecule has 0 aromatic carbocycles. The molecular formula is C12H22N4. The van der Waals surface area contributed by atoms with Gasteiger partial charge in [0.25, 0.3) is 0 Å². The molecule has 0 radical (unpaired) electrons. The summed E-state index contributed by atoms with van der Waals surface area (Å²) in [6.07, 6.45) is 7.29. The smallest absolute Gasteiger partial charge is 0.109 e. The fourth-order valence-electron chi connectivity index (χ4n) is 2.40. The average Bonchev–Trinajstić information content (AvgIpc) is 2.59. The Kier molecular flexibility index (Phi) is 3.61. The molecule has 1 aromatic heterocycles. The normalized spacial score (nSPS) is 24.8. The third-order valence-electron chi connectivity index (χ3n) is 3.48. The van der Waals surface area contributed by atoms with Crippen molar-refractivity contribution in [3.63, 3.8) is 0 Å². The van der Waals surface area contributed by atoms with Crippen LogP contribution in [0.4, 0.5) is 0 Å². The summed E-state index contributed by atoms with van der Waals surface area (Å²) in [7, 11) is 4.24. The summed E-state index contributed by atoms with van der Waals surface area (Å²) >= 11 is 0. The van der Waals surface area contributed by atoms with Crippen molar-refractivity contribution in [1.82, 2.24) is 14.5 Å². The lowest BCUT2D eigenvalue weighted by Crippen LogP contribution is -2.42. The maximum Gasteiger partial charge on any atom is 0.109 e. The highest BCUT2D eigenvalue weighted by atomic mass is 15.1. The second kappa shape index (κ2) is 4.97. The number of hydrogen-bond donors (Lipinski definition) is 1. The lowest BCUT2D eigenvalue weighted by Gasteiger charge is -2.35. The van der Waals surface area contributed by atoms with Gasteiger partial charge in [-0.1, -0.05) is 0 Å². The topological polar surface area (TPSA) is 47.1 Å². The highest BCUT2D eigenvalue weighted by molar-refractivity contribution is 4.92. The van der Waals surface area contributed by atoms with E-state index in [2.05, 4.69) is 21.5 Å². The summed E-state index contributed by atoms with van der Waals surface area (Å²) in [5.74, 6) is 1.98. The van der Waals surface area contributed by atoms with Crippen molar-refractivity contribution in [2.24, 2.45) is 18.7 Å². The van der Waals surface area contributed by atoms with Gasteiger partial charge in [-0.25, -0.2) is 4.98 Å². The fraction of sp³-hybridized carbons (Fsp3) is 0.750. The first-order valence-electron chi connectivity index (χ1n) is 6.05. The summed E-state index contributed by atoms with van der Waals surface area (Å²) in [5.41, 5.74) is 5.78. The summed E-state index contributed by atoms with van der Waals surface area (Å²) < 4.78 is 2.09. The number of aromatic nitrogens is 2. The standard InChI is InChI=1S/C12H22N4/c1-15(9-10-7-11(13)8-10)5-3-12-14-4-6-16(12)2/h4,6,10-11H,3,5,7-9,13H2,1-2H3. The molecule has 4 heteroatoms. The predicted molar refractivity (Wildman–Crippen MR) is 65.1 cm³/mol. The molecule has 1 aromatic rings. The Labute approximate surface area is 97.4 Å². The van der Waals surface area contributed by atoms with Crippen molar-refractivity contribution in [3.8, 4) is 0 Å². The third kappa shape index (κ3) is 2.83. The Hall–Kier alpha value is -0.870. The zero-order valence-electron chi connectivity index (χ0n) is 10.3. The van der Waals surface area contributed by atoms with Gasteiger partial charge < -0.3 is 15.2 Å². The monoisotopic (exact) mass is 222 g/mol. The molecule has 1 saturated carbocycles. The first-order chi connectivity index (χ1) is 7.65. The van der Waals surface area contributed by atoms with Crippen LogP contribution in [-0.4, -0.2) is 40.6 Å². The summed E-state index contributed by atoms with van der Waals surface area (Å²) in [4.78, 5) is 6.72. The first-order valence-corrected chi connectivity index (χ1v) is 6.05. The molecule has 1 heterocycles. The molecule has 0 amide bonds. The molecule has 0 aliphatic heterocycles. The van der Waals surface area contributed by atoms with E-state index in [1.807, 2.05) is 19.4 Å². The van der Waals surface area contributed by atoms with Gasteiger partial charge in [-0.05, 0) is 25.8 Å². The minimum absolute atomic E-state index is 0.466. The van der Waals surface area contributed by atoms with E-state index < -0.39 is 0 Å². The molecule has 1 fully saturated rings. The molecule has 16 heavy (non-hydrogen) atoms. The molecule has 0 atom stereocenters. The van der Waals surface area contributed by atoms with Gasteiger partial charge in [-0.2, -0.15) is 0 Å². The third-order valence-corrected chi connectivity index (χ3v) is 3.48. The number of imidazole rings is 1. The van der Waals surface area contributed by atoms with Gasteiger partial charge in [0.15, 0.2) is 0 Å². The number of nitrogens with zero attached hydrogens (tertiary/aromatic N) is 3. The molecule has 0 unspecified atom stereocenters. The summed E-state index contributed by atoms with van der Waals surface area (Å²) in [6, 6.07) is 0.466. The second-order valence-corrected chi connectivity index (χ2v) is 5.06. The minimum Gasteiger partial charge on any atom is -0.338 e.